The van der Waals surface area contributed by atoms with E-state index >= 15 is 0 Å². The lowest BCUT2D eigenvalue weighted by Crippen LogP contribution is -2.46. The smallest absolute Gasteiger partial charge is 0.416 e. The molecule has 3 aliphatic rings. The Morgan fingerprint density at radius 1 is 1.14 bits per heavy atom. The number of fused-ring (bicyclic) bond motifs is 3. The van der Waals surface area contributed by atoms with E-state index in [-0.39, 0.29) is 23.7 Å². The van der Waals surface area contributed by atoms with Crippen LogP contribution in [0.2, 0.25) is 0 Å². The number of urea groups is 1. The van der Waals surface area contributed by atoms with Crippen molar-refractivity contribution in [2.75, 3.05) is 24.6 Å². The van der Waals surface area contributed by atoms with E-state index in [1.54, 1.807) is 29.8 Å². The SMILES string of the molecule is CCOC(=O)N1C=CN2c3cc(Oc4ccccc4CNC(=O)NC4CCNCC4)ccc3SC12. The number of para-hydroxylation sites is 1. The highest BCUT2D eigenvalue weighted by molar-refractivity contribution is 8.00. The summed E-state index contributed by atoms with van der Waals surface area (Å²) in [6, 6.07) is 13.6. The van der Waals surface area contributed by atoms with E-state index in [0.29, 0.717) is 24.7 Å². The number of benzene rings is 2. The molecule has 0 spiro atoms. The molecule has 3 heterocycles. The average Bonchev–Trinajstić information content (AvgIpc) is 3.44. The third-order valence-electron chi connectivity index (χ3n) is 6.10. The number of carbonyl (C=O) groups excluding carboxylic acids is 2. The summed E-state index contributed by atoms with van der Waals surface area (Å²) in [5.74, 6) is 1.36. The maximum atomic E-state index is 12.4. The quantitative estimate of drug-likeness (QED) is 0.554. The van der Waals surface area contributed by atoms with Gasteiger partial charge in [0.05, 0.1) is 12.3 Å². The lowest BCUT2D eigenvalue weighted by Gasteiger charge is -2.24. The van der Waals surface area contributed by atoms with Gasteiger partial charge in [-0.15, -0.1) is 0 Å². The van der Waals surface area contributed by atoms with E-state index in [0.717, 1.165) is 42.1 Å². The summed E-state index contributed by atoms with van der Waals surface area (Å²) in [5.41, 5.74) is 1.65. The standard InChI is InChI=1S/C25H29N5O4S/c1-2-33-25(32)30-14-13-29-20-15-19(7-8-22(20)35-24(29)30)34-21-6-4-3-5-17(21)16-27-23(31)28-18-9-11-26-12-10-18/h3-8,13-15,18,24,26H,2,9-12,16H2,1H3,(H2,27,28,31). The summed E-state index contributed by atoms with van der Waals surface area (Å²) in [4.78, 5) is 29.3. The maximum Gasteiger partial charge on any atom is 0.416 e. The van der Waals surface area contributed by atoms with Gasteiger partial charge in [-0.1, -0.05) is 30.0 Å². The first kappa shape index (κ1) is 23.4. The zero-order chi connectivity index (χ0) is 24.2. The minimum absolute atomic E-state index is 0.167. The monoisotopic (exact) mass is 495 g/mol. The molecule has 1 atom stereocenters. The highest BCUT2D eigenvalue weighted by Gasteiger charge is 2.39. The number of thioether (sulfide) groups is 1. The number of rotatable bonds is 6. The Labute approximate surface area is 208 Å². The van der Waals surface area contributed by atoms with Crippen molar-refractivity contribution in [2.45, 2.75) is 42.7 Å². The van der Waals surface area contributed by atoms with Gasteiger partial charge in [0.25, 0.3) is 0 Å². The molecule has 2 aromatic carbocycles. The molecular weight excluding hydrogens is 466 g/mol. The average molecular weight is 496 g/mol. The van der Waals surface area contributed by atoms with Gasteiger partial charge in [0.15, 0.2) is 5.50 Å². The lowest BCUT2D eigenvalue weighted by atomic mass is 10.1. The van der Waals surface area contributed by atoms with E-state index in [9.17, 15) is 9.59 Å². The van der Waals surface area contributed by atoms with Crippen LogP contribution >= 0.6 is 11.8 Å². The summed E-state index contributed by atoms with van der Waals surface area (Å²) >= 11 is 1.59. The highest BCUT2D eigenvalue weighted by Crippen LogP contribution is 2.49. The van der Waals surface area contributed by atoms with E-state index in [1.807, 2.05) is 53.6 Å². The minimum Gasteiger partial charge on any atom is -0.457 e. The summed E-state index contributed by atoms with van der Waals surface area (Å²) in [6.07, 6.45) is 5.13. The van der Waals surface area contributed by atoms with Gasteiger partial charge in [0, 0.05) is 41.5 Å². The minimum atomic E-state index is -0.362. The number of hydrogen-bond donors (Lipinski definition) is 3. The Hall–Kier alpha value is -3.37. The van der Waals surface area contributed by atoms with Crippen LogP contribution in [0.15, 0.2) is 59.8 Å². The summed E-state index contributed by atoms with van der Waals surface area (Å²) < 4.78 is 11.4. The van der Waals surface area contributed by atoms with Crippen molar-refractivity contribution < 1.29 is 19.1 Å². The van der Waals surface area contributed by atoms with Crippen LogP contribution in [0, 0.1) is 0 Å². The molecule has 0 aliphatic carbocycles. The number of amides is 3. The van der Waals surface area contributed by atoms with Gasteiger partial charge in [0.2, 0.25) is 0 Å². The van der Waals surface area contributed by atoms with Gasteiger partial charge in [-0.25, -0.2) is 9.59 Å². The molecule has 5 rings (SSSR count). The molecule has 0 radical (unpaired) electrons. The number of nitrogens with one attached hydrogen (secondary N) is 3. The number of ether oxygens (including phenoxy) is 2. The molecule has 3 amide bonds. The largest absolute Gasteiger partial charge is 0.457 e. The zero-order valence-electron chi connectivity index (χ0n) is 19.5. The van der Waals surface area contributed by atoms with Gasteiger partial charge >= 0.3 is 12.1 Å². The third kappa shape index (κ3) is 5.18. The van der Waals surface area contributed by atoms with Crippen molar-refractivity contribution >= 4 is 29.6 Å². The predicted molar refractivity (Wildman–Crippen MR) is 134 cm³/mol. The highest BCUT2D eigenvalue weighted by atomic mass is 32.2. The third-order valence-corrected chi connectivity index (χ3v) is 7.36. The summed E-state index contributed by atoms with van der Waals surface area (Å²) in [6.45, 7) is 4.34. The van der Waals surface area contributed by atoms with Gasteiger partial charge in [-0.3, -0.25) is 4.90 Å². The van der Waals surface area contributed by atoms with Crippen LogP contribution in [0.4, 0.5) is 15.3 Å². The van der Waals surface area contributed by atoms with Crippen molar-refractivity contribution in [1.82, 2.24) is 20.9 Å². The zero-order valence-corrected chi connectivity index (χ0v) is 20.3. The fraction of sp³-hybridized carbons (Fsp3) is 0.360. The number of carbonyl (C=O) groups is 2. The number of hydrogen-bond acceptors (Lipinski definition) is 7. The molecule has 0 aromatic heterocycles. The molecule has 35 heavy (non-hydrogen) atoms. The molecule has 1 unspecified atom stereocenters. The second-order valence-electron chi connectivity index (χ2n) is 8.45. The number of nitrogens with zero attached hydrogens (tertiary/aromatic N) is 2. The summed E-state index contributed by atoms with van der Waals surface area (Å²) in [5, 5.41) is 9.29. The fourth-order valence-corrected chi connectivity index (χ4v) is 5.54. The molecule has 3 aliphatic heterocycles. The van der Waals surface area contributed by atoms with E-state index in [1.165, 1.54) is 0 Å². The topological polar surface area (TPSA) is 95.2 Å². The van der Waals surface area contributed by atoms with Crippen LogP contribution in [0.5, 0.6) is 11.5 Å². The van der Waals surface area contributed by atoms with Gasteiger partial charge in [-0.2, -0.15) is 0 Å². The number of piperidine rings is 1. The van der Waals surface area contributed by atoms with Crippen LogP contribution in [-0.4, -0.2) is 48.3 Å². The van der Waals surface area contributed by atoms with Crippen LogP contribution in [0.3, 0.4) is 0 Å². The Bertz CT molecular complexity index is 1120. The molecule has 1 saturated heterocycles. The van der Waals surface area contributed by atoms with Gasteiger partial charge in [-0.05, 0) is 51.1 Å². The summed E-state index contributed by atoms with van der Waals surface area (Å²) in [7, 11) is 0. The van der Waals surface area contributed by atoms with Crippen LogP contribution < -0.4 is 25.6 Å². The molecule has 10 heteroatoms. The second kappa shape index (κ2) is 10.5. The molecule has 184 valence electrons. The van der Waals surface area contributed by atoms with Crippen LogP contribution in [0.25, 0.3) is 0 Å². The molecule has 0 bridgehead atoms. The Morgan fingerprint density at radius 2 is 1.97 bits per heavy atom. The molecule has 9 nitrogen and oxygen atoms in total. The first-order valence-corrected chi connectivity index (χ1v) is 12.7. The van der Waals surface area contributed by atoms with Crippen molar-refractivity contribution in [1.29, 1.82) is 0 Å². The van der Waals surface area contributed by atoms with Crippen molar-refractivity contribution in [3.05, 3.63) is 60.4 Å². The van der Waals surface area contributed by atoms with Crippen LogP contribution in [-0.2, 0) is 11.3 Å². The van der Waals surface area contributed by atoms with Gasteiger partial charge in [0.1, 0.15) is 11.5 Å². The molecule has 2 aromatic rings. The van der Waals surface area contributed by atoms with Crippen LogP contribution in [0.1, 0.15) is 25.3 Å². The first-order valence-electron chi connectivity index (χ1n) is 11.9. The first-order chi connectivity index (χ1) is 17.1. The molecule has 3 N–H and O–H groups in total. The van der Waals surface area contributed by atoms with E-state index in [4.69, 9.17) is 9.47 Å². The Balaban J connectivity index is 1.23. The van der Waals surface area contributed by atoms with E-state index < -0.39 is 0 Å². The maximum absolute atomic E-state index is 12.4. The second-order valence-corrected chi connectivity index (χ2v) is 9.54. The Morgan fingerprint density at radius 3 is 2.80 bits per heavy atom. The molecule has 1 fully saturated rings. The fourth-order valence-electron chi connectivity index (χ4n) is 4.32. The normalized spacial score (nSPS) is 18.7. The van der Waals surface area contributed by atoms with Crippen molar-refractivity contribution in [3.63, 3.8) is 0 Å². The lowest BCUT2D eigenvalue weighted by molar-refractivity contribution is 0.122. The van der Waals surface area contributed by atoms with Crippen molar-refractivity contribution in [3.8, 4) is 11.5 Å². The predicted octanol–water partition coefficient (Wildman–Crippen LogP) is 4.17. The molecule has 0 saturated carbocycles. The van der Waals surface area contributed by atoms with Gasteiger partial charge < -0.3 is 30.3 Å². The Kier molecular flexibility index (Phi) is 7.01. The molecular formula is C25H29N5O4S. The van der Waals surface area contributed by atoms with E-state index in [2.05, 4.69) is 16.0 Å². The number of anilines is 1. The van der Waals surface area contributed by atoms with Crippen molar-refractivity contribution in [2.24, 2.45) is 0 Å².